The first-order valence-electron chi connectivity index (χ1n) is 5.45. The van der Waals surface area contributed by atoms with Crippen LogP contribution in [0.5, 0.6) is 5.75 Å². The molecule has 8 nitrogen and oxygen atoms in total. The van der Waals surface area contributed by atoms with Crippen LogP contribution in [0.2, 0.25) is 0 Å². The molecule has 0 bridgehead atoms. The van der Waals surface area contributed by atoms with Gasteiger partial charge in [0, 0.05) is 0 Å². The van der Waals surface area contributed by atoms with E-state index >= 15 is 0 Å². The Balaban J connectivity index is 1.86. The highest BCUT2D eigenvalue weighted by Crippen LogP contribution is 2.13. The van der Waals surface area contributed by atoms with E-state index in [4.69, 9.17) is 9.15 Å². The number of ether oxygens (including phenoxy) is 1. The zero-order valence-electron chi connectivity index (χ0n) is 10.1. The summed E-state index contributed by atoms with van der Waals surface area (Å²) in [6, 6.07) is 11.0. The van der Waals surface area contributed by atoms with Gasteiger partial charge in [0.2, 0.25) is 0 Å². The maximum absolute atomic E-state index is 11.3. The van der Waals surface area contributed by atoms with E-state index < -0.39 is 16.9 Å². The van der Waals surface area contributed by atoms with Crippen molar-refractivity contribution >= 4 is 18.2 Å². The maximum atomic E-state index is 11.3. The van der Waals surface area contributed by atoms with Crippen LogP contribution in [0.15, 0.2) is 52.0 Å². The van der Waals surface area contributed by atoms with E-state index in [2.05, 4.69) is 10.5 Å². The van der Waals surface area contributed by atoms with Crippen LogP contribution in [-0.2, 0) is 0 Å². The predicted molar refractivity (Wildman–Crippen MR) is 68.6 cm³/mol. The van der Waals surface area contributed by atoms with Crippen LogP contribution in [-0.4, -0.2) is 17.2 Å². The topological polar surface area (TPSA) is 107 Å². The second-order valence-corrected chi connectivity index (χ2v) is 3.51. The van der Waals surface area contributed by atoms with Gasteiger partial charge in [-0.3, -0.25) is 10.1 Å². The van der Waals surface area contributed by atoms with Crippen LogP contribution >= 0.6 is 0 Å². The Kier molecular flexibility index (Phi) is 4.07. The molecule has 20 heavy (non-hydrogen) atoms. The van der Waals surface area contributed by atoms with E-state index in [0.29, 0.717) is 5.75 Å². The first-order valence-corrected chi connectivity index (χ1v) is 5.45. The maximum Gasteiger partial charge on any atom is 0.433 e. The van der Waals surface area contributed by atoms with E-state index in [1.807, 2.05) is 0 Å². The molecule has 1 amide bonds. The highest BCUT2D eigenvalue weighted by Gasteiger charge is 2.10. The third-order valence-electron chi connectivity index (χ3n) is 2.09. The van der Waals surface area contributed by atoms with Gasteiger partial charge in [-0.1, -0.05) is 18.2 Å². The first-order chi connectivity index (χ1) is 9.65. The molecule has 1 N–H and O–H groups in total. The van der Waals surface area contributed by atoms with Gasteiger partial charge in [0.15, 0.2) is 5.76 Å². The zero-order chi connectivity index (χ0) is 14.4. The number of benzene rings is 1. The van der Waals surface area contributed by atoms with Crippen LogP contribution in [0.1, 0.15) is 5.76 Å². The third-order valence-corrected chi connectivity index (χ3v) is 2.09. The molecule has 0 aliphatic carbocycles. The van der Waals surface area contributed by atoms with Gasteiger partial charge in [-0.2, -0.15) is 5.10 Å². The van der Waals surface area contributed by atoms with Crippen molar-refractivity contribution in [2.24, 2.45) is 5.10 Å². The Morgan fingerprint density at radius 2 is 2.05 bits per heavy atom. The van der Waals surface area contributed by atoms with Crippen molar-refractivity contribution in [1.82, 2.24) is 5.43 Å². The third kappa shape index (κ3) is 3.67. The molecule has 0 unspecified atom stereocenters. The molecule has 0 saturated carbocycles. The van der Waals surface area contributed by atoms with E-state index in [1.165, 1.54) is 12.1 Å². The number of rotatable bonds is 4. The average molecular weight is 275 g/mol. The van der Waals surface area contributed by atoms with Crippen molar-refractivity contribution in [3.8, 4) is 5.75 Å². The Bertz CT molecular complexity index is 636. The van der Waals surface area contributed by atoms with Gasteiger partial charge < -0.3 is 9.15 Å². The van der Waals surface area contributed by atoms with Crippen LogP contribution in [0.4, 0.5) is 10.7 Å². The fraction of sp³-hybridized carbons (Fsp3) is 0. The number of hydrazone groups is 1. The molecule has 0 saturated heterocycles. The number of carbonyl (C=O) groups excluding carboxylic acids is 1. The van der Waals surface area contributed by atoms with Gasteiger partial charge in [-0.25, -0.2) is 10.2 Å². The molecular formula is C12H9N3O5. The van der Waals surface area contributed by atoms with Gasteiger partial charge in [-0.15, -0.1) is 0 Å². The summed E-state index contributed by atoms with van der Waals surface area (Å²) < 4.78 is 9.70. The largest absolute Gasteiger partial charge is 0.433 e. The van der Waals surface area contributed by atoms with Crippen LogP contribution in [0.25, 0.3) is 0 Å². The second-order valence-electron chi connectivity index (χ2n) is 3.51. The van der Waals surface area contributed by atoms with Gasteiger partial charge >= 0.3 is 12.0 Å². The number of para-hydroxylation sites is 1. The molecule has 8 heteroatoms. The Morgan fingerprint density at radius 3 is 2.70 bits per heavy atom. The van der Waals surface area contributed by atoms with Gasteiger partial charge in [0.25, 0.3) is 0 Å². The van der Waals surface area contributed by atoms with Crippen molar-refractivity contribution < 1.29 is 18.9 Å². The molecule has 1 heterocycles. The van der Waals surface area contributed by atoms with Crippen molar-refractivity contribution in [2.75, 3.05) is 0 Å². The minimum atomic E-state index is -0.784. The van der Waals surface area contributed by atoms with Crippen LogP contribution < -0.4 is 10.2 Å². The number of nitrogens with zero attached hydrogens (tertiary/aromatic N) is 2. The Morgan fingerprint density at radius 1 is 1.30 bits per heavy atom. The SMILES string of the molecule is O=C(N/N=C\c1ccc([N+](=O)[O-])o1)Oc1ccccc1. The molecular weight excluding hydrogens is 266 g/mol. The minimum Gasteiger partial charge on any atom is -0.409 e. The number of hydrogen-bond acceptors (Lipinski definition) is 6. The molecule has 0 spiro atoms. The number of nitrogens with one attached hydrogen (secondary N) is 1. The summed E-state index contributed by atoms with van der Waals surface area (Å²) >= 11 is 0. The summed E-state index contributed by atoms with van der Waals surface area (Å²) in [5.41, 5.74) is 2.10. The average Bonchev–Trinajstić information content (AvgIpc) is 2.89. The summed E-state index contributed by atoms with van der Waals surface area (Å²) in [5.74, 6) is 0.101. The fourth-order valence-corrected chi connectivity index (χ4v) is 1.28. The molecule has 1 aromatic heterocycles. The van der Waals surface area contributed by atoms with E-state index in [0.717, 1.165) is 6.21 Å². The van der Waals surface area contributed by atoms with Gasteiger partial charge in [-0.05, 0) is 18.2 Å². The minimum absolute atomic E-state index is 0.136. The smallest absolute Gasteiger partial charge is 0.409 e. The molecule has 102 valence electrons. The number of furan rings is 1. The zero-order valence-corrected chi connectivity index (χ0v) is 10.1. The second kappa shape index (κ2) is 6.14. The summed E-state index contributed by atoms with van der Waals surface area (Å²) in [7, 11) is 0. The summed E-state index contributed by atoms with van der Waals surface area (Å²) in [5, 5.41) is 13.9. The number of amides is 1. The lowest BCUT2D eigenvalue weighted by Crippen LogP contribution is -2.21. The van der Waals surface area contributed by atoms with Gasteiger partial charge in [0.05, 0.1) is 12.3 Å². The summed E-state index contributed by atoms with van der Waals surface area (Å²) in [6.45, 7) is 0. The highest BCUT2D eigenvalue weighted by molar-refractivity contribution is 5.78. The number of nitro groups is 1. The lowest BCUT2D eigenvalue weighted by atomic mass is 10.3. The van der Waals surface area contributed by atoms with Crippen molar-refractivity contribution in [3.63, 3.8) is 0 Å². The van der Waals surface area contributed by atoms with E-state index in [-0.39, 0.29) is 5.76 Å². The quantitative estimate of drug-likeness (QED) is 0.523. The first kappa shape index (κ1) is 13.3. The predicted octanol–water partition coefficient (Wildman–Crippen LogP) is 2.31. The molecule has 2 rings (SSSR count). The van der Waals surface area contributed by atoms with E-state index in [9.17, 15) is 14.9 Å². The molecule has 0 fully saturated rings. The lowest BCUT2D eigenvalue weighted by Gasteiger charge is -2.01. The van der Waals surface area contributed by atoms with Crippen LogP contribution in [0, 0.1) is 10.1 Å². The van der Waals surface area contributed by atoms with Crippen LogP contribution in [0.3, 0.4) is 0 Å². The highest BCUT2D eigenvalue weighted by atomic mass is 16.6. The van der Waals surface area contributed by atoms with Crippen molar-refractivity contribution in [1.29, 1.82) is 0 Å². The lowest BCUT2D eigenvalue weighted by molar-refractivity contribution is -0.402. The van der Waals surface area contributed by atoms with Gasteiger partial charge in [0.1, 0.15) is 10.7 Å². The standard InChI is InChI=1S/C12H9N3O5/c16-12(20-9-4-2-1-3-5-9)14-13-8-10-6-7-11(19-10)15(17)18/h1-8H,(H,14,16)/b13-8-. The summed E-state index contributed by atoms with van der Waals surface area (Å²) in [4.78, 5) is 21.0. The molecule has 0 aliphatic rings. The molecule has 2 aromatic rings. The fourth-order valence-electron chi connectivity index (χ4n) is 1.28. The number of carbonyl (C=O) groups is 1. The normalized spacial score (nSPS) is 10.4. The van der Waals surface area contributed by atoms with E-state index in [1.54, 1.807) is 30.3 Å². The Hall–Kier alpha value is -3.16. The molecule has 0 radical (unpaired) electrons. The Labute approximate surface area is 112 Å². The molecule has 1 aromatic carbocycles. The molecule has 0 aliphatic heterocycles. The molecule has 0 atom stereocenters. The van der Waals surface area contributed by atoms with Crippen molar-refractivity contribution in [2.45, 2.75) is 0 Å². The monoisotopic (exact) mass is 275 g/mol. The summed E-state index contributed by atoms with van der Waals surface area (Å²) in [6.07, 6.45) is 0.340. The van der Waals surface area contributed by atoms with Crippen molar-refractivity contribution in [3.05, 3.63) is 58.3 Å². The number of hydrogen-bond donors (Lipinski definition) is 1.